The van der Waals surface area contributed by atoms with Gasteiger partial charge in [0.1, 0.15) is 0 Å². The lowest BCUT2D eigenvalue weighted by Gasteiger charge is -2.24. The molecular weight excluding hydrogens is 258 g/mol. The first kappa shape index (κ1) is 10.5. The lowest BCUT2D eigenvalue weighted by Crippen LogP contribution is -2.20. The summed E-state index contributed by atoms with van der Waals surface area (Å²) in [6.45, 7) is 1.09. The van der Waals surface area contributed by atoms with Crippen molar-refractivity contribution in [1.82, 2.24) is 5.32 Å². The fraction of sp³-hybridized carbons (Fsp3) is 0.455. The van der Waals surface area contributed by atoms with E-state index in [2.05, 4.69) is 39.4 Å². The van der Waals surface area contributed by atoms with Crippen molar-refractivity contribution >= 4 is 27.7 Å². The Labute approximate surface area is 97.8 Å². The van der Waals surface area contributed by atoms with Gasteiger partial charge in [-0.1, -0.05) is 22.0 Å². The Balaban J connectivity index is 2.30. The summed E-state index contributed by atoms with van der Waals surface area (Å²) < 4.78 is 1.19. The van der Waals surface area contributed by atoms with Crippen LogP contribution in [-0.4, -0.2) is 19.3 Å². The van der Waals surface area contributed by atoms with Gasteiger partial charge >= 0.3 is 0 Å². The van der Waals surface area contributed by atoms with Crippen molar-refractivity contribution in [2.45, 2.75) is 17.2 Å². The number of benzene rings is 1. The molecule has 0 bridgehead atoms. The highest BCUT2D eigenvalue weighted by molar-refractivity contribution is 9.10. The van der Waals surface area contributed by atoms with Crippen LogP contribution < -0.4 is 5.32 Å². The first-order valence-electron chi connectivity index (χ1n) is 4.88. The van der Waals surface area contributed by atoms with E-state index in [0.29, 0.717) is 5.92 Å². The van der Waals surface area contributed by atoms with E-state index in [1.165, 1.54) is 27.1 Å². The summed E-state index contributed by atoms with van der Waals surface area (Å²) in [7, 11) is 2.03. The van der Waals surface area contributed by atoms with Gasteiger partial charge in [-0.25, -0.2) is 0 Å². The molecule has 0 spiro atoms. The van der Waals surface area contributed by atoms with Gasteiger partial charge < -0.3 is 5.32 Å². The third-order valence-corrected chi connectivity index (χ3v) is 4.19. The number of hydrogen-bond donors (Lipinski definition) is 1. The average molecular weight is 272 g/mol. The number of halogens is 1. The number of thioether (sulfide) groups is 1. The number of rotatable bonds is 2. The summed E-state index contributed by atoms with van der Waals surface area (Å²) in [5.41, 5.74) is 1.51. The summed E-state index contributed by atoms with van der Waals surface area (Å²) in [5.74, 6) is 1.94. The van der Waals surface area contributed by atoms with Crippen LogP contribution in [0, 0.1) is 0 Å². The minimum absolute atomic E-state index is 0.698. The molecule has 1 aliphatic heterocycles. The Morgan fingerprint density at radius 3 is 3.21 bits per heavy atom. The molecule has 3 heteroatoms. The summed E-state index contributed by atoms with van der Waals surface area (Å²) in [4.78, 5) is 1.45. The predicted octanol–water partition coefficient (Wildman–Crippen LogP) is 3.25. The SMILES string of the molecule is CNCC1CCSc2cc(Br)ccc21. The van der Waals surface area contributed by atoms with Crippen LogP contribution in [0.25, 0.3) is 0 Å². The summed E-state index contributed by atoms with van der Waals surface area (Å²) in [6.07, 6.45) is 1.29. The van der Waals surface area contributed by atoms with Crippen LogP contribution in [0.1, 0.15) is 17.9 Å². The molecular formula is C11H14BrNS. The fourth-order valence-electron chi connectivity index (χ4n) is 1.90. The highest BCUT2D eigenvalue weighted by Gasteiger charge is 2.19. The molecule has 1 aliphatic rings. The molecule has 0 fully saturated rings. The van der Waals surface area contributed by atoms with E-state index in [1.807, 2.05) is 18.8 Å². The molecule has 0 radical (unpaired) electrons. The van der Waals surface area contributed by atoms with Crippen molar-refractivity contribution < 1.29 is 0 Å². The second kappa shape index (κ2) is 4.69. The lowest BCUT2D eigenvalue weighted by atomic mass is 9.96. The van der Waals surface area contributed by atoms with Gasteiger partial charge in [0, 0.05) is 15.9 Å². The Morgan fingerprint density at radius 1 is 1.57 bits per heavy atom. The third-order valence-electron chi connectivity index (χ3n) is 2.59. The van der Waals surface area contributed by atoms with Gasteiger partial charge in [-0.05, 0) is 42.8 Å². The van der Waals surface area contributed by atoms with Crippen LogP contribution in [0.15, 0.2) is 27.6 Å². The van der Waals surface area contributed by atoms with Crippen molar-refractivity contribution in [3.8, 4) is 0 Å². The van der Waals surface area contributed by atoms with Gasteiger partial charge in [0.25, 0.3) is 0 Å². The minimum atomic E-state index is 0.698. The van der Waals surface area contributed by atoms with Gasteiger partial charge in [-0.15, -0.1) is 11.8 Å². The molecule has 0 saturated carbocycles. The summed E-state index contributed by atoms with van der Waals surface area (Å²) in [5, 5.41) is 3.27. The lowest BCUT2D eigenvalue weighted by molar-refractivity contribution is 0.600. The molecule has 76 valence electrons. The maximum absolute atomic E-state index is 3.52. The monoisotopic (exact) mass is 271 g/mol. The van der Waals surface area contributed by atoms with Gasteiger partial charge in [0.05, 0.1) is 0 Å². The van der Waals surface area contributed by atoms with E-state index in [0.717, 1.165) is 6.54 Å². The van der Waals surface area contributed by atoms with Gasteiger partial charge in [0.2, 0.25) is 0 Å². The van der Waals surface area contributed by atoms with E-state index < -0.39 is 0 Å². The molecule has 0 saturated heterocycles. The molecule has 14 heavy (non-hydrogen) atoms. The third kappa shape index (κ3) is 2.15. The van der Waals surface area contributed by atoms with Crippen LogP contribution in [0.4, 0.5) is 0 Å². The summed E-state index contributed by atoms with van der Waals surface area (Å²) in [6, 6.07) is 6.64. The van der Waals surface area contributed by atoms with Crippen molar-refractivity contribution in [2.75, 3.05) is 19.3 Å². The smallest absolute Gasteiger partial charge is 0.0186 e. The molecule has 1 heterocycles. The zero-order chi connectivity index (χ0) is 9.97. The molecule has 1 unspecified atom stereocenters. The zero-order valence-electron chi connectivity index (χ0n) is 8.22. The second-order valence-electron chi connectivity index (χ2n) is 3.57. The first-order valence-corrected chi connectivity index (χ1v) is 6.66. The van der Waals surface area contributed by atoms with Crippen LogP contribution in [0.2, 0.25) is 0 Å². The topological polar surface area (TPSA) is 12.0 Å². The Morgan fingerprint density at radius 2 is 2.43 bits per heavy atom. The minimum Gasteiger partial charge on any atom is -0.319 e. The highest BCUT2D eigenvalue weighted by atomic mass is 79.9. The van der Waals surface area contributed by atoms with E-state index in [1.54, 1.807) is 0 Å². The predicted molar refractivity (Wildman–Crippen MR) is 66.2 cm³/mol. The van der Waals surface area contributed by atoms with Crippen molar-refractivity contribution in [3.05, 3.63) is 28.2 Å². The Kier molecular flexibility index (Phi) is 3.52. The molecule has 1 aromatic rings. The van der Waals surface area contributed by atoms with Crippen molar-refractivity contribution in [2.24, 2.45) is 0 Å². The first-order chi connectivity index (χ1) is 6.81. The van der Waals surface area contributed by atoms with Crippen molar-refractivity contribution in [1.29, 1.82) is 0 Å². The van der Waals surface area contributed by atoms with Gasteiger partial charge in [0.15, 0.2) is 0 Å². The van der Waals surface area contributed by atoms with E-state index in [-0.39, 0.29) is 0 Å². The molecule has 0 aliphatic carbocycles. The van der Waals surface area contributed by atoms with Crippen LogP contribution in [-0.2, 0) is 0 Å². The van der Waals surface area contributed by atoms with Crippen LogP contribution >= 0.6 is 27.7 Å². The molecule has 1 atom stereocenters. The van der Waals surface area contributed by atoms with E-state index >= 15 is 0 Å². The molecule has 2 rings (SSSR count). The second-order valence-corrected chi connectivity index (χ2v) is 5.63. The maximum Gasteiger partial charge on any atom is 0.0186 e. The Bertz CT molecular complexity index is 327. The number of hydrogen-bond acceptors (Lipinski definition) is 2. The standard InChI is InChI=1S/C11H14BrNS/c1-13-7-8-4-5-14-11-6-9(12)2-3-10(8)11/h2-3,6,8,13H,4-5,7H2,1H3. The van der Waals surface area contributed by atoms with Gasteiger partial charge in [-0.3, -0.25) is 0 Å². The number of nitrogens with one attached hydrogen (secondary N) is 1. The molecule has 0 amide bonds. The van der Waals surface area contributed by atoms with Crippen LogP contribution in [0.3, 0.4) is 0 Å². The fourth-order valence-corrected chi connectivity index (χ4v) is 3.64. The molecule has 1 N–H and O–H groups in total. The quantitative estimate of drug-likeness (QED) is 0.887. The van der Waals surface area contributed by atoms with Gasteiger partial charge in [-0.2, -0.15) is 0 Å². The van der Waals surface area contributed by atoms with E-state index in [4.69, 9.17) is 0 Å². The zero-order valence-corrected chi connectivity index (χ0v) is 10.6. The maximum atomic E-state index is 3.52. The number of fused-ring (bicyclic) bond motifs is 1. The van der Waals surface area contributed by atoms with Crippen LogP contribution in [0.5, 0.6) is 0 Å². The summed E-state index contributed by atoms with van der Waals surface area (Å²) >= 11 is 5.50. The largest absolute Gasteiger partial charge is 0.319 e. The number of likely N-dealkylation sites (N-methyl/N-ethyl adjacent to an activating group) is 1. The molecule has 1 nitrogen and oxygen atoms in total. The van der Waals surface area contributed by atoms with E-state index in [9.17, 15) is 0 Å². The average Bonchev–Trinajstić information content (AvgIpc) is 2.18. The molecule has 1 aromatic carbocycles. The normalized spacial score (nSPS) is 20.6. The van der Waals surface area contributed by atoms with Crippen molar-refractivity contribution in [3.63, 3.8) is 0 Å². The Hall–Kier alpha value is 0.01000. The highest BCUT2D eigenvalue weighted by Crippen LogP contribution is 2.38. The molecule has 0 aromatic heterocycles.